The van der Waals surface area contributed by atoms with Gasteiger partial charge in [0, 0.05) is 0 Å². The van der Waals surface area contributed by atoms with E-state index in [0.29, 0.717) is 0 Å². The molecule has 4 heteroatoms. The topological polar surface area (TPSA) is 9.23 Å². The quantitative estimate of drug-likeness (QED) is 0.544. The van der Waals surface area contributed by atoms with Gasteiger partial charge < -0.3 is 4.74 Å². The highest BCUT2D eigenvalue weighted by molar-refractivity contribution is 14.1. The molecule has 1 nitrogen and oxygen atoms in total. The summed E-state index contributed by atoms with van der Waals surface area (Å²) in [4.78, 5) is 0. The number of benzene rings is 1. The van der Waals surface area contributed by atoms with Gasteiger partial charge in [-0.15, -0.1) is 22.9 Å². The SMILES string of the molecule is COc1ccc(CC(Cl)c2csc(I)c2)cc1. The largest absolute Gasteiger partial charge is 0.497 e. The normalized spacial score (nSPS) is 12.4. The monoisotopic (exact) mass is 378 g/mol. The first-order valence-corrected chi connectivity index (χ1v) is 7.59. The van der Waals surface area contributed by atoms with Crippen molar-refractivity contribution in [2.24, 2.45) is 0 Å². The molecule has 1 atom stereocenters. The summed E-state index contributed by atoms with van der Waals surface area (Å²) in [6.07, 6.45) is 0.846. The maximum atomic E-state index is 6.40. The maximum Gasteiger partial charge on any atom is 0.118 e. The Kier molecular flexibility index (Phi) is 4.70. The van der Waals surface area contributed by atoms with Crippen molar-refractivity contribution in [3.05, 3.63) is 49.7 Å². The first-order chi connectivity index (χ1) is 8.19. The van der Waals surface area contributed by atoms with Crippen LogP contribution in [0.5, 0.6) is 5.75 Å². The molecule has 2 rings (SSSR count). The van der Waals surface area contributed by atoms with Crippen molar-refractivity contribution in [3.8, 4) is 5.75 Å². The Bertz CT molecular complexity index is 480. The molecule has 0 bridgehead atoms. The van der Waals surface area contributed by atoms with Gasteiger partial charge in [-0.3, -0.25) is 0 Å². The molecule has 0 aliphatic carbocycles. The minimum Gasteiger partial charge on any atom is -0.497 e. The molecule has 2 aromatic rings. The molecule has 1 unspecified atom stereocenters. The lowest BCUT2D eigenvalue weighted by Gasteiger charge is -2.08. The molecule has 0 saturated carbocycles. The summed E-state index contributed by atoms with van der Waals surface area (Å²) in [5.74, 6) is 0.880. The van der Waals surface area contributed by atoms with E-state index in [1.165, 1.54) is 14.0 Å². The predicted octanol–water partition coefficient (Wildman–Crippen LogP) is 4.88. The van der Waals surface area contributed by atoms with Crippen LogP contribution in [0.3, 0.4) is 0 Å². The molecular weight excluding hydrogens is 367 g/mol. The van der Waals surface area contributed by atoms with Crippen molar-refractivity contribution < 1.29 is 4.74 Å². The van der Waals surface area contributed by atoms with Crippen LogP contribution in [0, 0.1) is 2.88 Å². The van der Waals surface area contributed by atoms with Crippen LogP contribution in [0.4, 0.5) is 0 Å². The van der Waals surface area contributed by atoms with E-state index in [-0.39, 0.29) is 5.38 Å². The second-order valence-electron chi connectivity index (χ2n) is 3.70. The van der Waals surface area contributed by atoms with Crippen molar-refractivity contribution >= 4 is 45.5 Å². The fraction of sp³-hybridized carbons (Fsp3) is 0.231. The fourth-order valence-corrected chi connectivity index (χ4v) is 3.38. The van der Waals surface area contributed by atoms with Gasteiger partial charge >= 0.3 is 0 Å². The van der Waals surface area contributed by atoms with Gasteiger partial charge in [-0.1, -0.05) is 12.1 Å². The van der Waals surface area contributed by atoms with Gasteiger partial charge in [0.2, 0.25) is 0 Å². The number of halogens is 2. The van der Waals surface area contributed by atoms with Crippen LogP contribution in [-0.4, -0.2) is 7.11 Å². The van der Waals surface area contributed by atoms with E-state index < -0.39 is 0 Å². The zero-order valence-corrected chi connectivity index (χ0v) is 13.1. The van der Waals surface area contributed by atoms with E-state index >= 15 is 0 Å². The summed E-state index contributed by atoms with van der Waals surface area (Å²) < 4.78 is 6.41. The van der Waals surface area contributed by atoms with Gasteiger partial charge in [-0.25, -0.2) is 0 Å². The molecule has 0 spiro atoms. The average Bonchev–Trinajstić information content (AvgIpc) is 2.77. The Morgan fingerprint density at radius 2 is 2.06 bits per heavy atom. The fourth-order valence-electron chi connectivity index (χ4n) is 1.57. The zero-order chi connectivity index (χ0) is 12.3. The Hall–Kier alpha value is -0.260. The van der Waals surface area contributed by atoms with Crippen LogP contribution in [0.2, 0.25) is 0 Å². The molecule has 90 valence electrons. The molecule has 0 saturated heterocycles. The second-order valence-corrected chi connectivity index (χ2v) is 7.04. The average molecular weight is 379 g/mol. The van der Waals surface area contributed by atoms with E-state index in [9.17, 15) is 0 Å². The Labute approximate surface area is 124 Å². The van der Waals surface area contributed by atoms with Crippen LogP contribution in [0.15, 0.2) is 35.7 Å². The molecular formula is C13H12ClIOS. The van der Waals surface area contributed by atoms with Crippen molar-refractivity contribution in [2.75, 3.05) is 7.11 Å². The van der Waals surface area contributed by atoms with Gasteiger partial charge in [0.05, 0.1) is 15.4 Å². The molecule has 0 aliphatic heterocycles. The number of hydrogen-bond acceptors (Lipinski definition) is 2. The Balaban J connectivity index is 2.04. The number of rotatable bonds is 4. The van der Waals surface area contributed by atoms with Gasteiger partial charge in [0.25, 0.3) is 0 Å². The summed E-state index contributed by atoms with van der Waals surface area (Å²) in [6, 6.07) is 10.2. The molecule has 1 aromatic carbocycles. The standard InChI is InChI=1S/C13H12ClIOS/c1-16-11-4-2-9(3-5-11)6-12(14)10-7-13(15)17-8-10/h2-5,7-8,12H,6H2,1H3. The molecule has 1 heterocycles. The molecule has 0 radical (unpaired) electrons. The number of methoxy groups -OCH3 is 1. The Morgan fingerprint density at radius 3 is 2.59 bits per heavy atom. The molecule has 0 amide bonds. The summed E-state index contributed by atoms with van der Waals surface area (Å²) in [5.41, 5.74) is 2.43. The molecule has 1 aromatic heterocycles. The summed E-state index contributed by atoms with van der Waals surface area (Å²) >= 11 is 10.4. The van der Waals surface area contributed by atoms with Gasteiger partial charge in [-0.05, 0) is 63.7 Å². The molecule has 17 heavy (non-hydrogen) atoms. The summed E-state index contributed by atoms with van der Waals surface area (Å²) in [6.45, 7) is 0. The first kappa shape index (κ1) is 13.2. The van der Waals surface area contributed by atoms with E-state index in [0.717, 1.165) is 12.2 Å². The summed E-state index contributed by atoms with van der Waals surface area (Å²) in [7, 11) is 1.67. The lowest BCUT2D eigenvalue weighted by molar-refractivity contribution is 0.414. The minimum atomic E-state index is 0.0446. The number of ether oxygens (including phenoxy) is 1. The Morgan fingerprint density at radius 1 is 1.35 bits per heavy atom. The zero-order valence-electron chi connectivity index (χ0n) is 9.32. The molecule has 0 N–H and O–H groups in total. The lowest BCUT2D eigenvalue weighted by atomic mass is 10.1. The van der Waals surface area contributed by atoms with E-state index in [1.807, 2.05) is 12.1 Å². The smallest absolute Gasteiger partial charge is 0.118 e. The van der Waals surface area contributed by atoms with Crippen molar-refractivity contribution in [2.45, 2.75) is 11.8 Å². The number of hydrogen-bond donors (Lipinski definition) is 0. The van der Waals surface area contributed by atoms with Crippen LogP contribution in [0.25, 0.3) is 0 Å². The van der Waals surface area contributed by atoms with Crippen molar-refractivity contribution in [1.82, 2.24) is 0 Å². The van der Waals surface area contributed by atoms with E-state index in [2.05, 4.69) is 46.2 Å². The van der Waals surface area contributed by atoms with Gasteiger partial charge in [0.15, 0.2) is 0 Å². The number of thiophene rings is 1. The van der Waals surface area contributed by atoms with Gasteiger partial charge in [-0.2, -0.15) is 0 Å². The van der Waals surface area contributed by atoms with E-state index in [1.54, 1.807) is 18.4 Å². The highest BCUT2D eigenvalue weighted by Crippen LogP contribution is 2.29. The molecule has 0 aliphatic rings. The highest BCUT2D eigenvalue weighted by atomic mass is 127. The van der Waals surface area contributed by atoms with Crippen molar-refractivity contribution in [3.63, 3.8) is 0 Å². The highest BCUT2D eigenvalue weighted by Gasteiger charge is 2.10. The third-order valence-corrected chi connectivity index (χ3v) is 4.74. The van der Waals surface area contributed by atoms with Crippen LogP contribution in [-0.2, 0) is 6.42 Å². The second kappa shape index (κ2) is 6.07. The minimum absolute atomic E-state index is 0.0446. The molecule has 0 fully saturated rings. The van der Waals surface area contributed by atoms with Gasteiger partial charge in [0.1, 0.15) is 5.75 Å². The van der Waals surface area contributed by atoms with Crippen LogP contribution in [0.1, 0.15) is 16.5 Å². The lowest BCUT2D eigenvalue weighted by Crippen LogP contribution is -1.94. The first-order valence-electron chi connectivity index (χ1n) is 5.20. The van der Waals surface area contributed by atoms with Crippen LogP contribution < -0.4 is 4.74 Å². The van der Waals surface area contributed by atoms with E-state index in [4.69, 9.17) is 16.3 Å². The number of alkyl halides is 1. The summed E-state index contributed by atoms with van der Waals surface area (Å²) in [5, 5.41) is 2.17. The van der Waals surface area contributed by atoms with Crippen molar-refractivity contribution in [1.29, 1.82) is 0 Å². The third-order valence-electron chi connectivity index (χ3n) is 2.52. The third kappa shape index (κ3) is 3.60. The van der Waals surface area contributed by atoms with Crippen LogP contribution >= 0.6 is 45.5 Å². The maximum absolute atomic E-state index is 6.40. The predicted molar refractivity (Wildman–Crippen MR) is 82.3 cm³/mol.